The number of alkyl halides is 1. The average molecular weight is 200 g/mol. The summed E-state index contributed by atoms with van der Waals surface area (Å²) in [5, 5.41) is 0.0474. The van der Waals surface area contributed by atoms with Gasteiger partial charge in [-0.2, -0.15) is 0 Å². The number of hydrogen-bond acceptors (Lipinski definition) is 1. The van der Waals surface area contributed by atoms with E-state index in [0.29, 0.717) is 0 Å². The van der Waals surface area contributed by atoms with E-state index in [1.165, 1.54) is 0 Å². The Labute approximate surface area is 69.1 Å². The molecule has 1 aromatic carbocycles. The van der Waals surface area contributed by atoms with Crippen LogP contribution in [0, 0.1) is 6.07 Å². The van der Waals surface area contributed by atoms with E-state index in [2.05, 4.69) is 22.0 Å². The molecule has 1 aromatic rings. The molecule has 0 bridgehead atoms. The number of halogens is 1. The fraction of sp³-hybridized carbons (Fsp3) is 0.250. The predicted molar refractivity (Wildman–Crippen MR) is 44.3 cm³/mol. The highest BCUT2D eigenvalue weighted by atomic mass is 79.9. The van der Waals surface area contributed by atoms with Gasteiger partial charge in [0, 0.05) is 6.07 Å². The van der Waals surface area contributed by atoms with Crippen LogP contribution in [0.1, 0.15) is 6.92 Å². The van der Waals surface area contributed by atoms with Crippen LogP contribution in [0.3, 0.4) is 0 Å². The van der Waals surface area contributed by atoms with Crippen LogP contribution < -0.4 is 4.74 Å². The monoisotopic (exact) mass is 199 g/mol. The maximum atomic E-state index is 5.28. The highest BCUT2D eigenvalue weighted by Gasteiger charge is 1.95. The van der Waals surface area contributed by atoms with Crippen molar-refractivity contribution in [2.75, 3.05) is 0 Å². The fourth-order valence-electron chi connectivity index (χ4n) is 0.625. The van der Waals surface area contributed by atoms with Crippen LogP contribution >= 0.6 is 15.9 Å². The Bertz CT molecular complexity index is 184. The van der Waals surface area contributed by atoms with Gasteiger partial charge in [-0.15, -0.1) is 0 Å². The van der Waals surface area contributed by atoms with Crippen LogP contribution in [0.25, 0.3) is 0 Å². The third-order valence-electron chi connectivity index (χ3n) is 0.970. The molecule has 0 aliphatic heterocycles. The summed E-state index contributed by atoms with van der Waals surface area (Å²) >= 11 is 3.27. The first-order valence-electron chi connectivity index (χ1n) is 3.06. The largest absolute Gasteiger partial charge is 0.479 e. The van der Waals surface area contributed by atoms with Crippen LogP contribution in [-0.4, -0.2) is 5.01 Å². The molecule has 0 saturated carbocycles. The van der Waals surface area contributed by atoms with Gasteiger partial charge in [-0.05, 0) is 28.9 Å². The van der Waals surface area contributed by atoms with Gasteiger partial charge in [0.1, 0.15) is 5.75 Å². The smallest absolute Gasteiger partial charge is 0.150 e. The molecule has 0 amide bonds. The highest BCUT2D eigenvalue weighted by Crippen LogP contribution is 2.11. The minimum Gasteiger partial charge on any atom is -0.479 e. The molecule has 2 heteroatoms. The van der Waals surface area contributed by atoms with Crippen LogP contribution in [0.5, 0.6) is 5.75 Å². The third-order valence-corrected chi connectivity index (χ3v) is 1.16. The number of benzene rings is 1. The molecule has 0 N–H and O–H groups in total. The van der Waals surface area contributed by atoms with Gasteiger partial charge in [-0.1, -0.05) is 18.2 Å². The summed E-state index contributed by atoms with van der Waals surface area (Å²) in [4.78, 5) is 0. The Balaban J connectivity index is 2.59. The molecule has 1 radical (unpaired) electrons. The number of ether oxygens (including phenoxy) is 1. The second-order valence-corrected chi connectivity index (χ2v) is 3.18. The van der Waals surface area contributed by atoms with E-state index in [9.17, 15) is 0 Å². The van der Waals surface area contributed by atoms with Gasteiger partial charge >= 0.3 is 0 Å². The van der Waals surface area contributed by atoms with Crippen molar-refractivity contribution in [2.45, 2.75) is 11.9 Å². The van der Waals surface area contributed by atoms with Crippen molar-refractivity contribution >= 4 is 15.9 Å². The maximum Gasteiger partial charge on any atom is 0.150 e. The molecular weight excluding hydrogens is 192 g/mol. The third kappa shape index (κ3) is 2.40. The van der Waals surface area contributed by atoms with Crippen LogP contribution in [-0.2, 0) is 0 Å². The first kappa shape index (κ1) is 7.61. The standard InChI is InChI=1S/C8H8BrO/c1-7(9)10-8-5-3-2-4-6-8/h2-5,7H,1H3. The molecule has 0 aliphatic carbocycles. The van der Waals surface area contributed by atoms with Gasteiger partial charge < -0.3 is 4.74 Å². The molecule has 10 heavy (non-hydrogen) atoms. The summed E-state index contributed by atoms with van der Waals surface area (Å²) < 4.78 is 5.28. The van der Waals surface area contributed by atoms with Crippen molar-refractivity contribution in [3.8, 4) is 5.75 Å². The quantitative estimate of drug-likeness (QED) is 0.666. The van der Waals surface area contributed by atoms with Gasteiger partial charge in [0.25, 0.3) is 0 Å². The maximum absolute atomic E-state index is 5.28. The molecule has 1 unspecified atom stereocenters. The number of rotatable bonds is 2. The highest BCUT2D eigenvalue weighted by molar-refractivity contribution is 9.09. The summed E-state index contributed by atoms with van der Waals surface area (Å²) in [6.45, 7) is 1.92. The van der Waals surface area contributed by atoms with E-state index in [1.54, 1.807) is 0 Å². The molecular formula is C8H8BrO. The summed E-state index contributed by atoms with van der Waals surface area (Å²) in [7, 11) is 0. The van der Waals surface area contributed by atoms with E-state index >= 15 is 0 Å². The lowest BCUT2D eigenvalue weighted by Gasteiger charge is -2.05. The Morgan fingerprint density at radius 1 is 1.60 bits per heavy atom. The Kier molecular flexibility index (Phi) is 2.75. The fourth-order valence-corrected chi connectivity index (χ4v) is 0.826. The van der Waals surface area contributed by atoms with E-state index < -0.39 is 0 Å². The van der Waals surface area contributed by atoms with Crippen LogP contribution in [0.2, 0.25) is 0 Å². The van der Waals surface area contributed by atoms with Crippen molar-refractivity contribution in [3.63, 3.8) is 0 Å². The van der Waals surface area contributed by atoms with Crippen molar-refractivity contribution in [3.05, 3.63) is 30.3 Å². The SMILES string of the molecule is CC(Br)Oc1[c]cccc1. The first-order chi connectivity index (χ1) is 4.79. The van der Waals surface area contributed by atoms with Gasteiger partial charge in [0.05, 0.1) is 0 Å². The Morgan fingerprint density at radius 3 is 2.90 bits per heavy atom. The molecule has 1 rings (SSSR count). The molecule has 53 valence electrons. The molecule has 0 heterocycles. The van der Waals surface area contributed by atoms with Crippen LogP contribution in [0.4, 0.5) is 0 Å². The molecule has 0 aliphatic rings. The summed E-state index contributed by atoms with van der Waals surface area (Å²) in [5.74, 6) is 0.770. The van der Waals surface area contributed by atoms with E-state index in [1.807, 2.05) is 31.2 Å². The lowest BCUT2D eigenvalue weighted by molar-refractivity contribution is 0.313. The molecule has 0 fully saturated rings. The van der Waals surface area contributed by atoms with Gasteiger partial charge in [0.2, 0.25) is 0 Å². The minimum absolute atomic E-state index is 0.0474. The lowest BCUT2D eigenvalue weighted by Crippen LogP contribution is -2.00. The second kappa shape index (κ2) is 3.62. The van der Waals surface area contributed by atoms with E-state index in [4.69, 9.17) is 4.74 Å². The van der Waals surface area contributed by atoms with Crippen LogP contribution in [0.15, 0.2) is 24.3 Å². The van der Waals surface area contributed by atoms with E-state index in [0.717, 1.165) is 5.75 Å². The molecule has 0 saturated heterocycles. The number of hydrogen-bond donors (Lipinski definition) is 0. The second-order valence-electron chi connectivity index (χ2n) is 1.89. The summed E-state index contributed by atoms with van der Waals surface area (Å²) in [5.41, 5.74) is 0. The van der Waals surface area contributed by atoms with Gasteiger partial charge in [-0.25, -0.2) is 0 Å². The topological polar surface area (TPSA) is 9.23 Å². The number of para-hydroxylation sites is 1. The zero-order valence-corrected chi connectivity index (χ0v) is 7.26. The first-order valence-corrected chi connectivity index (χ1v) is 3.98. The van der Waals surface area contributed by atoms with Crippen molar-refractivity contribution in [1.29, 1.82) is 0 Å². The van der Waals surface area contributed by atoms with E-state index in [-0.39, 0.29) is 5.01 Å². The summed E-state index contributed by atoms with van der Waals surface area (Å²) in [6.07, 6.45) is 0. The Morgan fingerprint density at radius 2 is 2.40 bits per heavy atom. The zero-order valence-electron chi connectivity index (χ0n) is 5.67. The van der Waals surface area contributed by atoms with Crippen molar-refractivity contribution in [1.82, 2.24) is 0 Å². The summed E-state index contributed by atoms with van der Waals surface area (Å²) in [6, 6.07) is 10.5. The predicted octanol–water partition coefficient (Wildman–Crippen LogP) is 2.61. The molecule has 0 aromatic heterocycles. The van der Waals surface area contributed by atoms with Gasteiger partial charge in [0.15, 0.2) is 5.01 Å². The molecule has 1 atom stereocenters. The molecule has 0 spiro atoms. The van der Waals surface area contributed by atoms with Crippen molar-refractivity contribution in [2.24, 2.45) is 0 Å². The minimum atomic E-state index is 0.0474. The van der Waals surface area contributed by atoms with Gasteiger partial charge in [-0.3, -0.25) is 0 Å². The zero-order chi connectivity index (χ0) is 7.40. The van der Waals surface area contributed by atoms with Crippen molar-refractivity contribution < 1.29 is 4.74 Å². The molecule has 1 nitrogen and oxygen atoms in total. The lowest BCUT2D eigenvalue weighted by atomic mass is 10.3. The average Bonchev–Trinajstić information content (AvgIpc) is 1.88. The Hall–Kier alpha value is -0.500. The normalized spacial score (nSPS) is 12.6.